The topological polar surface area (TPSA) is 12.0 Å². The van der Waals surface area contributed by atoms with Gasteiger partial charge < -0.3 is 5.32 Å². The first-order valence-corrected chi connectivity index (χ1v) is 6.19. The van der Waals surface area contributed by atoms with E-state index in [0.717, 1.165) is 29.9 Å². The third kappa shape index (κ3) is 3.02. The normalized spacial score (nSPS) is 18.0. The van der Waals surface area contributed by atoms with E-state index in [4.69, 9.17) is 0 Å². The van der Waals surface area contributed by atoms with Gasteiger partial charge in [-0.2, -0.15) is 0 Å². The van der Waals surface area contributed by atoms with Crippen LogP contribution in [0.2, 0.25) is 0 Å². The molecule has 1 N–H and O–H groups in total. The van der Waals surface area contributed by atoms with Crippen molar-refractivity contribution in [2.75, 3.05) is 13.1 Å². The molecule has 0 radical (unpaired) electrons. The zero-order valence-corrected chi connectivity index (χ0v) is 10.2. The first-order chi connectivity index (χ1) is 7.25. The Morgan fingerprint density at radius 2 is 2.07 bits per heavy atom. The Kier molecular flexibility index (Phi) is 3.76. The van der Waals surface area contributed by atoms with Crippen molar-refractivity contribution in [3.05, 3.63) is 34.1 Å². The number of rotatable bonds is 2. The fourth-order valence-electron chi connectivity index (χ4n) is 2.08. The molecule has 1 aromatic carbocycles. The van der Waals surface area contributed by atoms with Gasteiger partial charge in [0.15, 0.2) is 0 Å². The molecule has 0 unspecified atom stereocenters. The number of hydrogen-bond acceptors (Lipinski definition) is 1. The summed E-state index contributed by atoms with van der Waals surface area (Å²) in [6.07, 6.45) is 3.51. The van der Waals surface area contributed by atoms with Crippen LogP contribution in [0.3, 0.4) is 0 Å². The molecule has 0 bridgehead atoms. The molecule has 0 aliphatic carbocycles. The molecule has 1 nitrogen and oxygen atoms in total. The summed E-state index contributed by atoms with van der Waals surface area (Å²) < 4.78 is 13.8. The summed E-state index contributed by atoms with van der Waals surface area (Å²) in [6.45, 7) is 2.23. The predicted molar refractivity (Wildman–Crippen MR) is 63.4 cm³/mol. The van der Waals surface area contributed by atoms with Crippen LogP contribution in [0, 0.1) is 11.7 Å². The highest BCUT2D eigenvalue weighted by Gasteiger charge is 2.14. The SMILES string of the molecule is Fc1ccc(CC2CCNCC2)c(Br)c1. The van der Waals surface area contributed by atoms with E-state index in [0.29, 0.717) is 0 Å². The molecule has 1 fully saturated rings. The Balaban J connectivity index is 2.03. The minimum absolute atomic E-state index is 0.170. The molecule has 1 aliphatic rings. The van der Waals surface area contributed by atoms with Gasteiger partial charge in [0.1, 0.15) is 5.82 Å². The van der Waals surface area contributed by atoms with Gasteiger partial charge in [-0.1, -0.05) is 22.0 Å². The number of piperidine rings is 1. The third-order valence-electron chi connectivity index (χ3n) is 2.98. The maximum Gasteiger partial charge on any atom is 0.124 e. The Hall–Kier alpha value is -0.410. The molecular formula is C12H15BrFN. The van der Waals surface area contributed by atoms with E-state index in [1.54, 1.807) is 12.1 Å². The zero-order valence-electron chi connectivity index (χ0n) is 8.60. The Labute approximate surface area is 98.2 Å². The average molecular weight is 272 g/mol. The highest BCUT2D eigenvalue weighted by Crippen LogP contribution is 2.24. The highest BCUT2D eigenvalue weighted by atomic mass is 79.9. The maximum absolute atomic E-state index is 12.9. The van der Waals surface area contributed by atoms with Crippen LogP contribution < -0.4 is 5.32 Å². The minimum Gasteiger partial charge on any atom is -0.317 e. The minimum atomic E-state index is -0.170. The first kappa shape index (κ1) is 11.1. The second-order valence-electron chi connectivity index (χ2n) is 4.13. The Bertz CT molecular complexity index is 334. The van der Waals surface area contributed by atoms with Crippen LogP contribution in [0.25, 0.3) is 0 Å². The van der Waals surface area contributed by atoms with Crippen molar-refractivity contribution in [1.82, 2.24) is 5.32 Å². The number of nitrogens with one attached hydrogen (secondary N) is 1. The lowest BCUT2D eigenvalue weighted by Gasteiger charge is -2.22. The van der Waals surface area contributed by atoms with E-state index < -0.39 is 0 Å². The van der Waals surface area contributed by atoms with Crippen LogP contribution in [0.5, 0.6) is 0 Å². The number of halogens is 2. The molecule has 0 saturated carbocycles. The largest absolute Gasteiger partial charge is 0.317 e. The van der Waals surface area contributed by atoms with E-state index >= 15 is 0 Å². The molecule has 0 atom stereocenters. The summed E-state index contributed by atoms with van der Waals surface area (Å²) in [5, 5.41) is 3.35. The molecule has 1 saturated heterocycles. The smallest absolute Gasteiger partial charge is 0.124 e. The molecule has 1 aromatic rings. The van der Waals surface area contributed by atoms with Gasteiger partial charge in [-0.05, 0) is 56.0 Å². The van der Waals surface area contributed by atoms with Gasteiger partial charge in [0.05, 0.1) is 0 Å². The van der Waals surface area contributed by atoms with Gasteiger partial charge in [0.25, 0.3) is 0 Å². The van der Waals surface area contributed by atoms with Gasteiger partial charge in [-0.3, -0.25) is 0 Å². The van der Waals surface area contributed by atoms with E-state index in [9.17, 15) is 4.39 Å². The predicted octanol–water partition coefficient (Wildman–Crippen LogP) is 3.13. The lowest BCUT2D eigenvalue weighted by atomic mass is 9.91. The van der Waals surface area contributed by atoms with Crippen LogP contribution in [-0.2, 0) is 6.42 Å². The van der Waals surface area contributed by atoms with Crippen LogP contribution in [0.15, 0.2) is 22.7 Å². The quantitative estimate of drug-likeness (QED) is 0.872. The number of hydrogen-bond donors (Lipinski definition) is 1. The summed E-state index contributed by atoms with van der Waals surface area (Å²) in [5.41, 5.74) is 1.23. The van der Waals surface area contributed by atoms with Crippen molar-refractivity contribution in [3.8, 4) is 0 Å². The summed E-state index contributed by atoms with van der Waals surface area (Å²) in [7, 11) is 0. The third-order valence-corrected chi connectivity index (χ3v) is 3.72. The average Bonchev–Trinajstić information content (AvgIpc) is 2.24. The second kappa shape index (κ2) is 5.08. The summed E-state index contributed by atoms with van der Waals surface area (Å²) in [6, 6.07) is 4.99. The molecule has 2 rings (SSSR count). The van der Waals surface area contributed by atoms with E-state index in [1.807, 2.05) is 6.07 Å². The van der Waals surface area contributed by atoms with Gasteiger partial charge >= 0.3 is 0 Å². The van der Waals surface area contributed by atoms with E-state index in [2.05, 4.69) is 21.2 Å². The first-order valence-electron chi connectivity index (χ1n) is 5.40. The molecule has 3 heteroatoms. The van der Waals surface area contributed by atoms with Gasteiger partial charge in [0.2, 0.25) is 0 Å². The number of benzene rings is 1. The standard InChI is InChI=1S/C12H15BrFN/c13-12-8-11(14)2-1-10(12)7-9-3-5-15-6-4-9/h1-2,8-9,15H,3-7H2. The van der Waals surface area contributed by atoms with Crippen molar-refractivity contribution < 1.29 is 4.39 Å². The fraction of sp³-hybridized carbons (Fsp3) is 0.500. The summed E-state index contributed by atoms with van der Waals surface area (Å²) in [5.74, 6) is 0.573. The second-order valence-corrected chi connectivity index (χ2v) is 4.99. The zero-order chi connectivity index (χ0) is 10.7. The molecule has 15 heavy (non-hydrogen) atoms. The van der Waals surface area contributed by atoms with Crippen molar-refractivity contribution in [2.24, 2.45) is 5.92 Å². The van der Waals surface area contributed by atoms with Crippen LogP contribution in [0.4, 0.5) is 4.39 Å². The van der Waals surface area contributed by atoms with E-state index in [1.165, 1.54) is 18.4 Å². The molecule has 1 heterocycles. The maximum atomic E-state index is 12.9. The van der Waals surface area contributed by atoms with Crippen molar-refractivity contribution >= 4 is 15.9 Å². The van der Waals surface area contributed by atoms with Crippen molar-refractivity contribution in [3.63, 3.8) is 0 Å². The van der Waals surface area contributed by atoms with E-state index in [-0.39, 0.29) is 5.82 Å². The molecule has 1 aliphatic heterocycles. The molecule has 0 spiro atoms. The van der Waals surface area contributed by atoms with Crippen LogP contribution in [0.1, 0.15) is 18.4 Å². The Morgan fingerprint density at radius 3 is 2.73 bits per heavy atom. The van der Waals surface area contributed by atoms with Gasteiger partial charge in [-0.25, -0.2) is 4.39 Å². The van der Waals surface area contributed by atoms with Crippen LogP contribution >= 0.6 is 15.9 Å². The van der Waals surface area contributed by atoms with Crippen molar-refractivity contribution in [2.45, 2.75) is 19.3 Å². The van der Waals surface area contributed by atoms with Gasteiger partial charge in [-0.15, -0.1) is 0 Å². The summed E-state index contributed by atoms with van der Waals surface area (Å²) in [4.78, 5) is 0. The lowest BCUT2D eigenvalue weighted by Crippen LogP contribution is -2.28. The molecule has 0 aromatic heterocycles. The summed E-state index contributed by atoms with van der Waals surface area (Å²) >= 11 is 3.42. The molecule has 0 amide bonds. The molecule has 82 valence electrons. The highest BCUT2D eigenvalue weighted by molar-refractivity contribution is 9.10. The molecular weight excluding hydrogens is 257 g/mol. The monoisotopic (exact) mass is 271 g/mol. The van der Waals surface area contributed by atoms with Gasteiger partial charge in [0, 0.05) is 4.47 Å². The fourth-order valence-corrected chi connectivity index (χ4v) is 2.60. The lowest BCUT2D eigenvalue weighted by molar-refractivity contribution is 0.372. The van der Waals surface area contributed by atoms with Crippen molar-refractivity contribution in [1.29, 1.82) is 0 Å². The van der Waals surface area contributed by atoms with Crippen LogP contribution in [-0.4, -0.2) is 13.1 Å². The Morgan fingerprint density at radius 1 is 1.33 bits per heavy atom.